The molecule has 0 saturated heterocycles. The number of nitrogens with zero attached hydrogens (tertiary/aromatic N) is 1. The first-order valence-corrected chi connectivity index (χ1v) is 10.5. The van der Waals surface area contributed by atoms with E-state index in [-0.39, 0.29) is 17.7 Å². The number of amides is 3. The summed E-state index contributed by atoms with van der Waals surface area (Å²) >= 11 is 11.9. The minimum atomic E-state index is -0.356. The van der Waals surface area contributed by atoms with E-state index in [9.17, 15) is 14.4 Å². The van der Waals surface area contributed by atoms with Gasteiger partial charge in [0.1, 0.15) is 0 Å². The third kappa shape index (κ3) is 5.87. The number of rotatable bonds is 6. The SMILES string of the molecule is CNC(=O)c1ccc(CN(C)C(=O)c2ccc(NC(=O)c3cc(Cl)cc(Cl)c3)cc2)cc1. The van der Waals surface area contributed by atoms with Gasteiger partial charge in [0.15, 0.2) is 0 Å². The Bertz CT molecular complexity index is 1130. The molecular formula is C24H21Cl2N3O3. The van der Waals surface area contributed by atoms with Crippen LogP contribution in [0.3, 0.4) is 0 Å². The van der Waals surface area contributed by atoms with E-state index in [0.717, 1.165) is 5.56 Å². The molecule has 0 heterocycles. The van der Waals surface area contributed by atoms with Crippen LogP contribution in [0.15, 0.2) is 66.7 Å². The summed E-state index contributed by atoms with van der Waals surface area (Å²) in [4.78, 5) is 38.4. The zero-order valence-corrected chi connectivity index (χ0v) is 19.0. The van der Waals surface area contributed by atoms with Gasteiger partial charge in [0.25, 0.3) is 17.7 Å². The van der Waals surface area contributed by atoms with Crippen molar-refractivity contribution in [1.29, 1.82) is 0 Å². The van der Waals surface area contributed by atoms with E-state index in [2.05, 4.69) is 10.6 Å². The van der Waals surface area contributed by atoms with E-state index in [1.807, 2.05) is 12.1 Å². The van der Waals surface area contributed by atoms with Gasteiger partial charge in [-0.2, -0.15) is 0 Å². The molecule has 6 nitrogen and oxygen atoms in total. The van der Waals surface area contributed by atoms with Gasteiger partial charge in [0, 0.05) is 53.1 Å². The number of anilines is 1. The number of hydrogen-bond acceptors (Lipinski definition) is 3. The normalized spacial score (nSPS) is 10.4. The molecule has 0 radical (unpaired) electrons. The van der Waals surface area contributed by atoms with Crippen molar-refractivity contribution in [3.63, 3.8) is 0 Å². The smallest absolute Gasteiger partial charge is 0.255 e. The summed E-state index contributed by atoms with van der Waals surface area (Å²) in [5, 5.41) is 6.06. The highest BCUT2D eigenvalue weighted by Gasteiger charge is 2.14. The van der Waals surface area contributed by atoms with Crippen LogP contribution in [0.4, 0.5) is 5.69 Å². The maximum absolute atomic E-state index is 12.7. The van der Waals surface area contributed by atoms with Crippen molar-refractivity contribution in [2.24, 2.45) is 0 Å². The van der Waals surface area contributed by atoms with Crippen LogP contribution in [0.25, 0.3) is 0 Å². The average Bonchev–Trinajstić information content (AvgIpc) is 2.78. The summed E-state index contributed by atoms with van der Waals surface area (Å²) in [6.45, 7) is 0.390. The van der Waals surface area contributed by atoms with Gasteiger partial charge in [0.05, 0.1) is 0 Å². The minimum Gasteiger partial charge on any atom is -0.355 e. The third-order valence-corrected chi connectivity index (χ3v) is 5.16. The Morgan fingerprint density at radius 3 is 1.91 bits per heavy atom. The fourth-order valence-electron chi connectivity index (χ4n) is 3.06. The fourth-order valence-corrected chi connectivity index (χ4v) is 3.58. The first-order valence-electron chi connectivity index (χ1n) is 9.71. The van der Waals surface area contributed by atoms with E-state index in [0.29, 0.717) is 39.0 Å². The van der Waals surface area contributed by atoms with Crippen LogP contribution < -0.4 is 10.6 Å². The lowest BCUT2D eigenvalue weighted by Crippen LogP contribution is -2.26. The largest absolute Gasteiger partial charge is 0.355 e. The molecule has 0 aliphatic carbocycles. The number of carbonyl (C=O) groups excluding carboxylic acids is 3. The summed E-state index contributed by atoms with van der Waals surface area (Å²) in [5.74, 6) is -0.683. The number of benzene rings is 3. The molecule has 164 valence electrons. The second kappa shape index (κ2) is 10.3. The van der Waals surface area contributed by atoms with Gasteiger partial charge in [-0.25, -0.2) is 0 Å². The maximum Gasteiger partial charge on any atom is 0.255 e. The van der Waals surface area contributed by atoms with Gasteiger partial charge in [-0.05, 0) is 60.2 Å². The molecule has 8 heteroatoms. The molecule has 0 aromatic heterocycles. The second-order valence-corrected chi connectivity index (χ2v) is 8.00. The van der Waals surface area contributed by atoms with Gasteiger partial charge in [-0.3, -0.25) is 14.4 Å². The summed E-state index contributed by atoms with van der Waals surface area (Å²) in [6.07, 6.45) is 0. The summed E-state index contributed by atoms with van der Waals surface area (Å²) in [5.41, 5.74) is 2.82. The van der Waals surface area contributed by atoms with Crippen molar-refractivity contribution in [3.05, 3.63) is 99.0 Å². The molecule has 32 heavy (non-hydrogen) atoms. The molecule has 0 spiro atoms. The van der Waals surface area contributed by atoms with Crippen molar-refractivity contribution in [3.8, 4) is 0 Å². The minimum absolute atomic E-state index is 0.161. The molecule has 0 unspecified atom stereocenters. The molecule has 0 aliphatic rings. The first kappa shape index (κ1) is 23.3. The van der Waals surface area contributed by atoms with Crippen LogP contribution in [0.2, 0.25) is 10.0 Å². The summed E-state index contributed by atoms with van der Waals surface area (Å²) < 4.78 is 0. The van der Waals surface area contributed by atoms with E-state index < -0.39 is 0 Å². The molecule has 0 fully saturated rings. The Hall–Kier alpha value is -3.35. The Morgan fingerprint density at radius 2 is 1.34 bits per heavy atom. The lowest BCUT2D eigenvalue weighted by molar-refractivity contribution is 0.0784. The third-order valence-electron chi connectivity index (χ3n) is 4.72. The van der Waals surface area contributed by atoms with Crippen LogP contribution in [-0.4, -0.2) is 36.7 Å². The zero-order valence-electron chi connectivity index (χ0n) is 17.5. The Kier molecular flexibility index (Phi) is 7.51. The zero-order chi connectivity index (χ0) is 23.3. The van der Waals surface area contributed by atoms with Crippen molar-refractivity contribution in [2.75, 3.05) is 19.4 Å². The van der Waals surface area contributed by atoms with Gasteiger partial charge in [-0.1, -0.05) is 35.3 Å². The van der Waals surface area contributed by atoms with E-state index in [1.165, 1.54) is 12.1 Å². The molecule has 0 bridgehead atoms. The molecule has 0 saturated carbocycles. The number of hydrogen-bond donors (Lipinski definition) is 2. The van der Waals surface area contributed by atoms with Gasteiger partial charge >= 0.3 is 0 Å². The number of nitrogens with one attached hydrogen (secondary N) is 2. The highest BCUT2D eigenvalue weighted by Crippen LogP contribution is 2.20. The molecule has 0 atom stereocenters. The lowest BCUT2D eigenvalue weighted by atomic mass is 10.1. The molecule has 2 N–H and O–H groups in total. The van der Waals surface area contributed by atoms with Crippen molar-refractivity contribution < 1.29 is 14.4 Å². The Morgan fingerprint density at radius 1 is 0.781 bits per heavy atom. The van der Waals surface area contributed by atoms with Crippen molar-refractivity contribution in [1.82, 2.24) is 10.2 Å². The number of halogens is 2. The van der Waals surface area contributed by atoms with Crippen LogP contribution in [0.5, 0.6) is 0 Å². The first-order chi connectivity index (χ1) is 15.3. The predicted molar refractivity (Wildman–Crippen MR) is 126 cm³/mol. The fraction of sp³-hybridized carbons (Fsp3) is 0.125. The van der Waals surface area contributed by atoms with Crippen LogP contribution in [-0.2, 0) is 6.54 Å². The highest BCUT2D eigenvalue weighted by atomic mass is 35.5. The molecule has 3 amide bonds. The molecular weight excluding hydrogens is 449 g/mol. The number of carbonyl (C=O) groups is 3. The Labute approximate surface area is 196 Å². The van der Waals surface area contributed by atoms with Crippen LogP contribution >= 0.6 is 23.2 Å². The standard InChI is InChI=1S/C24H21Cl2N3O3/c1-27-22(30)16-5-3-15(4-6-16)14-29(2)24(32)17-7-9-21(10-8-17)28-23(31)18-11-19(25)13-20(26)12-18/h3-13H,14H2,1-2H3,(H,27,30)(H,28,31). The monoisotopic (exact) mass is 469 g/mol. The highest BCUT2D eigenvalue weighted by molar-refractivity contribution is 6.35. The van der Waals surface area contributed by atoms with E-state index >= 15 is 0 Å². The second-order valence-electron chi connectivity index (χ2n) is 7.13. The molecule has 3 aromatic rings. The average molecular weight is 470 g/mol. The summed E-state index contributed by atoms with van der Waals surface area (Å²) in [6, 6.07) is 18.3. The van der Waals surface area contributed by atoms with Gasteiger partial charge in [0.2, 0.25) is 0 Å². The van der Waals surface area contributed by atoms with Crippen LogP contribution in [0.1, 0.15) is 36.6 Å². The maximum atomic E-state index is 12.7. The molecule has 0 aliphatic heterocycles. The molecule has 3 aromatic carbocycles. The predicted octanol–water partition coefficient (Wildman–Crippen LogP) is 4.88. The van der Waals surface area contributed by atoms with Gasteiger partial charge in [-0.15, -0.1) is 0 Å². The van der Waals surface area contributed by atoms with Crippen molar-refractivity contribution in [2.45, 2.75) is 6.54 Å². The topological polar surface area (TPSA) is 78.5 Å². The lowest BCUT2D eigenvalue weighted by Gasteiger charge is -2.18. The van der Waals surface area contributed by atoms with Crippen molar-refractivity contribution >= 4 is 46.6 Å². The van der Waals surface area contributed by atoms with Crippen LogP contribution in [0, 0.1) is 0 Å². The summed E-state index contributed by atoms with van der Waals surface area (Å²) in [7, 11) is 3.28. The molecule has 3 rings (SSSR count). The van der Waals surface area contributed by atoms with Gasteiger partial charge < -0.3 is 15.5 Å². The Balaban J connectivity index is 1.62. The quantitative estimate of drug-likeness (QED) is 0.539. The van der Waals surface area contributed by atoms with E-state index in [4.69, 9.17) is 23.2 Å². The van der Waals surface area contributed by atoms with E-state index in [1.54, 1.807) is 61.5 Å².